The Morgan fingerprint density at radius 1 is 1.53 bits per heavy atom. The van der Waals surface area contributed by atoms with Gasteiger partial charge in [0.15, 0.2) is 5.65 Å². The van der Waals surface area contributed by atoms with Crippen molar-refractivity contribution < 1.29 is 4.79 Å². The van der Waals surface area contributed by atoms with Crippen molar-refractivity contribution in [2.75, 3.05) is 6.54 Å². The van der Waals surface area contributed by atoms with Crippen molar-refractivity contribution in [1.82, 2.24) is 19.9 Å². The van der Waals surface area contributed by atoms with Crippen LogP contribution in [0.15, 0.2) is 18.3 Å². The van der Waals surface area contributed by atoms with Gasteiger partial charge in [0, 0.05) is 31.6 Å². The maximum absolute atomic E-state index is 11.6. The topological polar surface area (TPSA) is 59.8 Å². The Kier molecular flexibility index (Phi) is 3.19. The second kappa shape index (κ2) is 4.99. The fourth-order valence-corrected chi connectivity index (χ4v) is 2.32. The number of carbonyl (C=O) groups is 1. The lowest BCUT2D eigenvalue weighted by molar-refractivity contribution is -0.122. The third kappa shape index (κ3) is 2.45. The molecule has 1 fully saturated rings. The maximum atomic E-state index is 11.6. The molecule has 0 bridgehead atoms. The number of imidazole rings is 1. The predicted octanol–water partition coefficient (Wildman–Crippen LogP) is 1.52. The van der Waals surface area contributed by atoms with Gasteiger partial charge in [0.2, 0.25) is 5.91 Å². The van der Waals surface area contributed by atoms with Crippen LogP contribution in [0.25, 0.3) is 11.2 Å². The standard InChI is InChI=1S/C14H18N4O/c1-2-18-12(7-9-16-14(19)10-5-6-10)17-11-4-3-8-15-13(11)18/h3-4,8,10H,2,5-7,9H2,1H3,(H,16,19). The lowest BCUT2D eigenvalue weighted by Gasteiger charge is -2.06. The minimum absolute atomic E-state index is 0.192. The van der Waals surface area contributed by atoms with Gasteiger partial charge in [-0.15, -0.1) is 0 Å². The van der Waals surface area contributed by atoms with Crippen molar-refractivity contribution in [2.24, 2.45) is 5.92 Å². The molecule has 100 valence electrons. The highest BCUT2D eigenvalue weighted by Gasteiger charge is 2.29. The largest absolute Gasteiger partial charge is 0.355 e. The molecule has 0 spiro atoms. The smallest absolute Gasteiger partial charge is 0.223 e. The number of rotatable bonds is 5. The number of fused-ring (bicyclic) bond motifs is 1. The van der Waals surface area contributed by atoms with Crippen molar-refractivity contribution in [3.8, 4) is 0 Å². The van der Waals surface area contributed by atoms with Crippen LogP contribution in [0.2, 0.25) is 0 Å². The van der Waals surface area contributed by atoms with Gasteiger partial charge in [0.05, 0.1) is 0 Å². The van der Waals surface area contributed by atoms with Crippen LogP contribution in [0, 0.1) is 5.92 Å². The predicted molar refractivity (Wildman–Crippen MR) is 72.6 cm³/mol. The summed E-state index contributed by atoms with van der Waals surface area (Å²) in [6.45, 7) is 3.58. The Morgan fingerprint density at radius 3 is 3.11 bits per heavy atom. The summed E-state index contributed by atoms with van der Waals surface area (Å²) in [5.41, 5.74) is 1.85. The molecule has 1 N–H and O–H groups in total. The van der Waals surface area contributed by atoms with E-state index in [4.69, 9.17) is 0 Å². The van der Waals surface area contributed by atoms with E-state index in [1.54, 1.807) is 6.20 Å². The van der Waals surface area contributed by atoms with Gasteiger partial charge in [0.25, 0.3) is 0 Å². The van der Waals surface area contributed by atoms with E-state index in [0.717, 1.165) is 42.8 Å². The van der Waals surface area contributed by atoms with Crippen LogP contribution in [0.3, 0.4) is 0 Å². The number of pyridine rings is 1. The van der Waals surface area contributed by atoms with Crippen LogP contribution in [-0.2, 0) is 17.8 Å². The Balaban J connectivity index is 1.71. The van der Waals surface area contributed by atoms with Crippen molar-refractivity contribution in [3.63, 3.8) is 0 Å². The molecule has 5 nitrogen and oxygen atoms in total. The van der Waals surface area contributed by atoms with Gasteiger partial charge in [-0.05, 0) is 31.9 Å². The molecule has 1 amide bonds. The molecule has 2 aromatic rings. The zero-order valence-corrected chi connectivity index (χ0v) is 11.1. The van der Waals surface area contributed by atoms with Gasteiger partial charge in [-0.25, -0.2) is 9.97 Å². The molecule has 1 saturated carbocycles. The third-order valence-corrected chi connectivity index (χ3v) is 3.50. The molecule has 19 heavy (non-hydrogen) atoms. The van der Waals surface area contributed by atoms with Crippen LogP contribution >= 0.6 is 0 Å². The highest BCUT2D eigenvalue weighted by Crippen LogP contribution is 2.28. The summed E-state index contributed by atoms with van der Waals surface area (Å²) in [5.74, 6) is 1.45. The molecule has 2 heterocycles. The first-order chi connectivity index (χ1) is 9.29. The van der Waals surface area contributed by atoms with Gasteiger partial charge in [-0.3, -0.25) is 4.79 Å². The average Bonchev–Trinajstić information content (AvgIpc) is 3.20. The summed E-state index contributed by atoms with van der Waals surface area (Å²) in [7, 11) is 0. The number of hydrogen-bond donors (Lipinski definition) is 1. The van der Waals surface area contributed by atoms with Crippen LogP contribution in [-0.4, -0.2) is 27.0 Å². The van der Waals surface area contributed by atoms with Gasteiger partial charge in [0.1, 0.15) is 11.3 Å². The lowest BCUT2D eigenvalue weighted by Crippen LogP contribution is -2.27. The SMILES string of the molecule is CCn1c(CCNC(=O)C2CC2)nc2cccnc21. The summed E-state index contributed by atoms with van der Waals surface area (Å²) in [4.78, 5) is 20.5. The van der Waals surface area contributed by atoms with Crippen LogP contribution < -0.4 is 5.32 Å². The summed E-state index contributed by atoms with van der Waals surface area (Å²) >= 11 is 0. The summed E-state index contributed by atoms with van der Waals surface area (Å²) in [6, 6.07) is 3.87. The van der Waals surface area contributed by atoms with Gasteiger partial charge in [-0.2, -0.15) is 0 Å². The first kappa shape index (κ1) is 12.1. The first-order valence-corrected chi connectivity index (χ1v) is 6.87. The average molecular weight is 258 g/mol. The van der Waals surface area contributed by atoms with E-state index in [1.165, 1.54) is 0 Å². The number of carbonyl (C=O) groups excluding carboxylic acids is 1. The van der Waals surface area contributed by atoms with Crippen molar-refractivity contribution in [3.05, 3.63) is 24.2 Å². The van der Waals surface area contributed by atoms with Gasteiger partial charge >= 0.3 is 0 Å². The quantitative estimate of drug-likeness (QED) is 0.884. The minimum atomic E-state index is 0.192. The Morgan fingerprint density at radius 2 is 2.37 bits per heavy atom. The molecular formula is C14H18N4O. The zero-order valence-electron chi connectivity index (χ0n) is 11.1. The van der Waals surface area contributed by atoms with E-state index >= 15 is 0 Å². The first-order valence-electron chi connectivity index (χ1n) is 6.87. The highest BCUT2D eigenvalue weighted by atomic mass is 16.2. The van der Waals surface area contributed by atoms with E-state index in [2.05, 4.69) is 26.8 Å². The number of aryl methyl sites for hydroxylation is 1. The van der Waals surface area contributed by atoms with Crippen LogP contribution in [0.4, 0.5) is 0 Å². The molecule has 1 aliphatic rings. The number of nitrogens with one attached hydrogen (secondary N) is 1. The van der Waals surface area contributed by atoms with Crippen molar-refractivity contribution >= 4 is 17.1 Å². The van der Waals surface area contributed by atoms with Crippen LogP contribution in [0.1, 0.15) is 25.6 Å². The number of hydrogen-bond acceptors (Lipinski definition) is 3. The van der Waals surface area contributed by atoms with E-state index in [9.17, 15) is 4.79 Å². The third-order valence-electron chi connectivity index (χ3n) is 3.50. The number of aromatic nitrogens is 3. The Hall–Kier alpha value is -1.91. The van der Waals surface area contributed by atoms with E-state index in [1.807, 2.05) is 12.1 Å². The second-order valence-corrected chi connectivity index (χ2v) is 4.93. The number of amides is 1. The van der Waals surface area contributed by atoms with E-state index < -0.39 is 0 Å². The molecule has 0 saturated heterocycles. The fourth-order valence-electron chi connectivity index (χ4n) is 2.32. The van der Waals surface area contributed by atoms with Crippen molar-refractivity contribution in [1.29, 1.82) is 0 Å². The van der Waals surface area contributed by atoms with Gasteiger partial charge < -0.3 is 9.88 Å². The normalized spacial score (nSPS) is 14.8. The monoisotopic (exact) mass is 258 g/mol. The van der Waals surface area contributed by atoms with Crippen molar-refractivity contribution in [2.45, 2.75) is 32.7 Å². The number of nitrogens with zero attached hydrogens (tertiary/aromatic N) is 3. The molecule has 0 unspecified atom stereocenters. The Bertz CT molecular complexity index is 601. The van der Waals surface area contributed by atoms with E-state index in [0.29, 0.717) is 6.54 Å². The summed E-state index contributed by atoms with van der Waals surface area (Å²) in [5, 5.41) is 2.98. The lowest BCUT2D eigenvalue weighted by atomic mass is 10.3. The molecule has 3 rings (SSSR count). The highest BCUT2D eigenvalue weighted by molar-refractivity contribution is 5.80. The molecular weight excluding hydrogens is 240 g/mol. The minimum Gasteiger partial charge on any atom is -0.355 e. The molecule has 5 heteroatoms. The van der Waals surface area contributed by atoms with E-state index in [-0.39, 0.29) is 11.8 Å². The fraction of sp³-hybridized carbons (Fsp3) is 0.500. The molecule has 0 aliphatic heterocycles. The molecule has 1 aliphatic carbocycles. The Labute approximate surface area is 112 Å². The summed E-state index contributed by atoms with van der Waals surface area (Å²) < 4.78 is 2.11. The van der Waals surface area contributed by atoms with Gasteiger partial charge in [-0.1, -0.05) is 0 Å². The second-order valence-electron chi connectivity index (χ2n) is 4.93. The molecule has 0 radical (unpaired) electrons. The van der Waals surface area contributed by atoms with Crippen LogP contribution in [0.5, 0.6) is 0 Å². The maximum Gasteiger partial charge on any atom is 0.223 e. The molecule has 0 aromatic carbocycles. The molecule has 2 aromatic heterocycles. The summed E-state index contributed by atoms with van der Waals surface area (Å²) in [6.07, 6.45) is 4.63. The zero-order chi connectivity index (χ0) is 13.2. The molecule has 0 atom stereocenters.